The van der Waals surface area contributed by atoms with Crippen LogP contribution in [0.3, 0.4) is 0 Å². The lowest BCUT2D eigenvalue weighted by Gasteiger charge is -2.33. The highest BCUT2D eigenvalue weighted by Gasteiger charge is 2.41. The van der Waals surface area contributed by atoms with Crippen molar-refractivity contribution in [1.82, 2.24) is 20.2 Å². The zero-order chi connectivity index (χ0) is 28.0. The minimum atomic E-state index is -1.27. The molecule has 10 heteroatoms. The van der Waals surface area contributed by atoms with Gasteiger partial charge >= 0.3 is 5.97 Å². The van der Waals surface area contributed by atoms with Gasteiger partial charge < -0.3 is 20.1 Å². The van der Waals surface area contributed by atoms with Gasteiger partial charge in [-0.05, 0) is 70.6 Å². The number of aromatic nitrogens is 2. The monoisotopic (exact) mass is 586 g/mol. The number of benzene rings is 1. The highest BCUT2D eigenvalue weighted by Crippen LogP contribution is 2.36. The van der Waals surface area contributed by atoms with Crippen LogP contribution in [0.4, 0.5) is 0 Å². The van der Waals surface area contributed by atoms with E-state index in [0.717, 1.165) is 54.6 Å². The molecular weight excluding hydrogens is 551 g/mol. The van der Waals surface area contributed by atoms with E-state index in [1.54, 1.807) is 18.3 Å². The molecule has 0 spiro atoms. The van der Waals surface area contributed by atoms with Crippen LogP contribution >= 0.6 is 24.0 Å². The number of ether oxygens (including phenoxy) is 1. The van der Waals surface area contributed by atoms with Gasteiger partial charge in [-0.25, -0.2) is 9.78 Å². The number of aryl methyl sites for hydroxylation is 1. The molecule has 1 amide bonds. The highest BCUT2D eigenvalue weighted by molar-refractivity contribution is 6.32. The molecule has 40 heavy (non-hydrogen) atoms. The number of halogens is 2. The lowest BCUT2D eigenvalue weighted by atomic mass is 9.81. The van der Waals surface area contributed by atoms with Crippen molar-refractivity contribution < 1.29 is 19.4 Å². The van der Waals surface area contributed by atoms with E-state index in [4.69, 9.17) is 21.3 Å². The third kappa shape index (κ3) is 7.30. The molecule has 0 unspecified atom stereocenters. The Balaban J connectivity index is 0.00000441. The number of nitrogens with zero attached hydrogens (tertiary/aromatic N) is 3. The minimum Gasteiger partial charge on any atom is -0.492 e. The number of nitrogens with one attached hydrogen (secondary N) is 1. The van der Waals surface area contributed by atoms with Crippen LogP contribution in [0.15, 0.2) is 48.7 Å². The number of carbonyl (C=O) groups excluding carboxylic acids is 1. The van der Waals surface area contributed by atoms with Gasteiger partial charge in [-0.15, -0.1) is 12.4 Å². The Kier molecular flexibility index (Phi) is 10.9. The molecule has 1 aliphatic rings. The van der Waals surface area contributed by atoms with Crippen molar-refractivity contribution in [3.63, 3.8) is 0 Å². The molecule has 2 heterocycles. The van der Waals surface area contributed by atoms with Crippen molar-refractivity contribution >= 4 is 35.9 Å². The molecule has 0 radical (unpaired) electrons. The van der Waals surface area contributed by atoms with Crippen LogP contribution in [0.5, 0.6) is 5.75 Å². The molecule has 214 valence electrons. The summed E-state index contributed by atoms with van der Waals surface area (Å²) in [6.45, 7) is 3.31. The molecule has 0 aliphatic heterocycles. The number of hydrogen-bond donors (Lipinski definition) is 2. The van der Waals surface area contributed by atoms with Crippen molar-refractivity contribution in [2.75, 3.05) is 27.2 Å². The second kappa shape index (κ2) is 13.9. The molecule has 1 aromatic carbocycles. The smallest absolute Gasteiger partial charge is 0.329 e. The van der Waals surface area contributed by atoms with Gasteiger partial charge in [0.1, 0.15) is 17.0 Å². The summed E-state index contributed by atoms with van der Waals surface area (Å²) in [4.78, 5) is 36.8. The molecule has 0 atom stereocenters. The average Bonchev–Trinajstić information content (AvgIpc) is 2.92. The molecule has 1 saturated carbocycles. The van der Waals surface area contributed by atoms with Gasteiger partial charge in [0.2, 0.25) is 0 Å². The topological polar surface area (TPSA) is 105 Å². The van der Waals surface area contributed by atoms with Gasteiger partial charge in [0.25, 0.3) is 5.91 Å². The van der Waals surface area contributed by atoms with Gasteiger partial charge in [-0.3, -0.25) is 9.78 Å². The third-order valence-electron chi connectivity index (χ3n) is 7.11. The number of aliphatic carboxylic acids is 1. The van der Waals surface area contributed by atoms with Crippen molar-refractivity contribution in [2.24, 2.45) is 0 Å². The van der Waals surface area contributed by atoms with E-state index in [0.29, 0.717) is 35.9 Å². The van der Waals surface area contributed by atoms with Gasteiger partial charge in [-0.2, -0.15) is 0 Å². The maximum atomic E-state index is 13.4. The van der Waals surface area contributed by atoms with E-state index >= 15 is 0 Å². The van der Waals surface area contributed by atoms with E-state index in [1.165, 1.54) is 0 Å². The summed E-state index contributed by atoms with van der Waals surface area (Å²) in [6.07, 6.45) is 5.85. The van der Waals surface area contributed by atoms with Crippen LogP contribution in [0.2, 0.25) is 5.02 Å². The van der Waals surface area contributed by atoms with Crippen LogP contribution in [-0.4, -0.2) is 64.6 Å². The predicted octanol–water partition coefficient (Wildman–Crippen LogP) is 6.04. The van der Waals surface area contributed by atoms with Crippen LogP contribution in [0.25, 0.3) is 22.4 Å². The molecule has 0 bridgehead atoms. The van der Waals surface area contributed by atoms with Gasteiger partial charge in [0, 0.05) is 35.1 Å². The molecule has 2 N–H and O–H groups in total. The summed E-state index contributed by atoms with van der Waals surface area (Å²) < 4.78 is 5.99. The van der Waals surface area contributed by atoms with E-state index in [-0.39, 0.29) is 18.1 Å². The Labute approximate surface area is 246 Å². The SMILES string of the molecule is Cc1ncccc1-c1ccc(C(=O)NC2(C(=O)O)CCCCC2)nc1-c1ccc(Cl)c(OCCCN(C)C)c1.Cl. The second-order valence-electron chi connectivity index (χ2n) is 10.3. The maximum absolute atomic E-state index is 13.4. The van der Waals surface area contributed by atoms with Gasteiger partial charge in [-0.1, -0.05) is 43.0 Å². The molecule has 1 aliphatic carbocycles. The zero-order valence-electron chi connectivity index (χ0n) is 23.1. The first-order chi connectivity index (χ1) is 18.7. The van der Waals surface area contributed by atoms with Crippen LogP contribution in [0, 0.1) is 6.92 Å². The van der Waals surface area contributed by atoms with Crippen molar-refractivity contribution in [3.8, 4) is 28.1 Å². The summed E-state index contributed by atoms with van der Waals surface area (Å²) in [5, 5.41) is 13.2. The quantitative estimate of drug-likeness (QED) is 0.279. The molecule has 8 nitrogen and oxygen atoms in total. The largest absolute Gasteiger partial charge is 0.492 e. The number of pyridine rings is 2. The van der Waals surface area contributed by atoms with Crippen LogP contribution in [-0.2, 0) is 4.79 Å². The molecule has 4 rings (SSSR count). The first-order valence-electron chi connectivity index (χ1n) is 13.3. The van der Waals surface area contributed by atoms with E-state index in [2.05, 4.69) is 15.2 Å². The number of carbonyl (C=O) groups is 2. The summed E-state index contributed by atoms with van der Waals surface area (Å²) >= 11 is 6.46. The first-order valence-corrected chi connectivity index (χ1v) is 13.6. The molecule has 3 aromatic rings. The number of rotatable bonds is 10. The number of carboxylic acid groups (broad SMARTS) is 1. The first kappa shape index (κ1) is 31.3. The number of amides is 1. The summed E-state index contributed by atoms with van der Waals surface area (Å²) in [6, 6.07) is 12.7. The molecule has 1 fully saturated rings. The Morgan fingerprint density at radius 3 is 2.52 bits per heavy atom. The molecule has 0 saturated heterocycles. The Bertz CT molecular complexity index is 1340. The summed E-state index contributed by atoms with van der Waals surface area (Å²) in [5.41, 5.74) is 2.64. The summed E-state index contributed by atoms with van der Waals surface area (Å²) in [7, 11) is 4.02. The average molecular weight is 588 g/mol. The fourth-order valence-corrected chi connectivity index (χ4v) is 5.12. The Morgan fingerprint density at radius 2 is 1.85 bits per heavy atom. The standard InChI is InChI=1S/C30H35ClN4O4.ClH/c1-20-22(9-7-16-32-20)23-11-13-25(28(36)34-30(29(37)38)14-5-4-6-15-30)33-27(23)21-10-12-24(31)26(19-21)39-18-8-17-35(2)3;/h7,9-13,16,19H,4-6,8,14-15,17-18H2,1-3H3,(H,34,36)(H,37,38);1H. The fraction of sp³-hybridized carbons (Fsp3) is 0.400. The van der Waals surface area contributed by atoms with Crippen LogP contribution < -0.4 is 10.1 Å². The number of hydrogen-bond acceptors (Lipinski definition) is 6. The van der Waals surface area contributed by atoms with E-state index < -0.39 is 17.4 Å². The Morgan fingerprint density at radius 1 is 1.10 bits per heavy atom. The second-order valence-corrected chi connectivity index (χ2v) is 10.7. The van der Waals surface area contributed by atoms with Crippen molar-refractivity contribution in [3.05, 3.63) is 65.1 Å². The maximum Gasteiger partial charge on any atom is 0.329 e. The van der Waals surface area contributed by atoms with Crippen molar-refractivity contribution in [2.45, 2.75) is 51.0 Å². The van der Waals surface area contributed by atoms with E-state index in [9.17, 15) is 14.7 Å². The lowest BCUT2D eigenvalue weighted by Crippen LogP contribution is -2.55. The molecule has 2 aromatic heterocycles. The van der Waals surface area contributed by atoms with Gasteiger partial charge in [0.05, 0.1) is 17.3 Å². The minimum absolute atomic E-state index is 0. The van der Waals surface area contributed by atoms with Gasteiger partial charge in [0.15, 0.2) is 0 Å². The van der Waals surface area contributed by atoms with Crippen LogP contribution in [0.1, 0.15) is 54.7 Å². The van der Waals surface area contributed by atoms with E-state index in [1.807, 2.05) is 51.4 Å². The van der Waals surface area contributed by atoms with Crippen molar-refractivity contribution in [1.29, 1.82) is 0 Å². The highest BCUT2D eigenvalue weighted by atomic mass is 35.5. The zero-order valence-corrected chi connectivity index (χ0v) is 24.6. The predicted molar refractivity (Wildman–Crippen MR) is 159 cm³/mol. The normalized spacial score (nSPS) is 14.3. The Hall–Kier alpha value is -3.20. The lowest BCUT2D eigenvalue weighted by molar-refractivity contribution is -0.145. The third-order valence-corrected chi connectivity index (χ3v) is 7.42. The summed E-state index contributed by atoms with van der Waals surface area (Å²) in [5.74, 6) is -0.985. The number of carboxylic acids is 1. The molecular formula is C30H36Cl2N4O4. The fourth-order valence-electron chi connectivity index (χ4n) is 4.95.